The number of pyridine rings is 1. The molecule has 3 heterocycles. The summed E-state index contributed by atoms with van der Waals surface area (Å²) in [5.74, 6) is 0. The van der Waals surface area contributed by atoms with Crippen LogP contribution in [-0.2, 0) is 6.54 Å². The Hall–Kier alpha value is -3.61. The van der Waals surface area contributed by atoms with Crippen LogP contribution in [0.3, 0.4) is 0 Å². The molecule has 29 heavy (non-hydrogen) atoms. The quantitative estimate of drug-likeness (QED) is 0.540. The number of hydrogen-bond donors (Lipinski definition) is 2. The molecule has 0 spiro atoms. The minimum Gasteiger partial charge on any atom is -0.346 e. The van der Waals surface area contributed by atoms with E-state index in [0.717, 1.165) is 51.2 Å². The number of benzene rings is 1. The summed E-state index contributed by atoms with van der Waals surface area (Å²) >= 11 is 0. The van der Waals surface area contributed by atoms with Gasteiger partial charge in [-0.15, -0.1) is 0 Å². The van der Waals surface area contributed by atoms with E-state index in [1.165, 1.54) is 4.90 Å². The molecule has 0 atom stereocenters. The molecule has 1 aromatic carbocycles. The van der Waals surface area contributed by atoms with Crippen LogP contribution in [0, 0.1) is 6.92 Å². The fourth-order valence-electron chi connectivity index (χ4n) is 3.39. The Balaban J connectivity index is 1.79. The molecule has 0 aliphatic carbocycles. The molecule has 4 rings (SSSR count). The predicted octanol–water partition coefficient (Wildman–Crippen LogP) is 4.52. The van der Waals surface area contributed by atoms with Gasteiger partial charge in [0.2, 0.25) is 0 Å². The van der Waals surface area contributed by atoms with Gasteiger partial charge in [-0.2, -0.15) is 5.10 Å². The molecule has 0 aliphatic rings. The number of carbonyl (C=O) groups excluding carboxylic acids is 1. The van der Waals surface area contributed by atoms with Gasteiger partial charge in [0.1, 0.15) is 11.3 Å². The van der Waals surface area contributed by atoms with Gasteiger partial charge in [-0.1, -0.05) is 12.1 Å². The van der Waals surface area contributed by atoms with E-state index in [0.29, 0.717) is 0 Å². The maximum Gasteiger partial charge on any atom is 0.321 e. The molecule has 0 radical (unpaired) electrons. The van der Waals surface area contributed by atoms with Gasteiger partial charge in [0, 0.05) is 67.0 Å². The van der Waals surface area contributed by atoms with Crippen molar-refractivity contribution in [2.45, 2.75) is 20.4 Å². The van der Waals surface area contributed by atoms with Gasteiger partial charge in [-0.05, 0) is 37.6 Å². The van der Waals surface area contributed by atoms with Gasteiger partial charge in [-0.25, -0.2) is 9.78 Å². The van der Waals surface area contributed by atoms with Crippen molar-refractivity contribution in [3.63, 3.8) is 0 Å². The number of nitrogens with zero attached hydrogens (tertiary/aromatic N) is 4. The van der Waals surface area contributed by atoms with Crippen LogP contribution in [0.25, 0.3) is 33.4 Å². The number of anilines is 1. The van der Waals surface area contributed by atoms with Crippen LogP contribution in [-0.4, -0.2) is 44.8 Å². The number of fused-ring (bicyclic) bond motifs is 1. The van der Waals surface area contributed by atoms with Crippen molar-refractivity contribution in [1.29, 1.82) is 0 Å². The van der Waals surface area contributed by atoms with Gasteiger partial charge in [0.15, 0.2) is 0 Å². The Labute approximate surface area is 169 Å². The first-order chi connectivity index (χ1) is 14.0. The maximum absolute atomic E-state index is 11.9. The molecule has 0 aliphatic heterocycles. The Morgan fingerprint density at radius 1 is 1.21 bits per heavy atom. The van der Waals surface area contributed by atoms with Crippen LogP contribution in [0.4, 0.5) is 10.5 Å². The standard InChI is InChI=1S/C22H24N6O/c1-5-28-13-18(19-14(2)12-24-21-17(19)10-11-23-21)20(26-28)15-6-8-16(9-7-15)25-22(29)27(3)4/h6-13H,5H2,1-4H3,(H,23,24)(H,25,29). The van der Waals surface area contributed by atoms with Crippen LogP contribution >= 0.6 is 0 Å². The molecular weight excluding hydrogens is 364 g/mol. The number of aromatic nitrogens is 4. The van der Waals surface area contributed by atoms with Crippen molar-refractivity contribution in [1.82, 2.24) is 24.6 Å². The zero-order valence-corrected chi connectivity index (χ0v) is 17.0. The smallest absolute Gasteiger partial charge is 0.321 e. The van der Waals surface area contributed by atoms with Crippen LogP contribution < -0.4 is 5.32 Å². The van der Waals surface area contributed by atoms with Gasteiger partial charge in [0.05, 0.1) is 0 Å². The molecule has 0 bridgehead atoms. The van der Waals surface area contributed by atoms with E-state index < -0.39 is 0 Å². The number of carbonyl (C=O) groups is 1. The van der Waals surface area contributed by atoms with Crippen LogP contribution in [0.2, 0.25) is 0 Å². The summed E-state index contributed by atoms with van der Waals surface area (Å²) in [5, 5.41) is 8.76. The molecule has 4 aromatic rings. The highest BCUT2D eigenvalue weighted by Gasteiger charge is 2.18. The van der Waals surface area contributed by atoms with Gasteiger partial charge < -0.3 is 15.2 Å². The second-order valence-electron chi connectivity index (χ2n) is 7.21. The molecule has 0 fully saturated rings. The maximum atomic E-state index is 11.9. The second-order valence-corrected chi connectivity index (χ2v) is 7.21. The van der Waals surface area contributed by atoms with E-state index in [1.54, 1.807) is 14.1 Å². The summed E-state index contributed by atoms with van der Waals surface area (Å²) in [5.41, 5.74) is 6.82. The first-order valence-corrected chi connectivity index (χ1v) is 9.57. The van der Waals surface area contributed by atoms with E-state index in [1.807, 2.05) is 41.3 Å². The molecular formula is C22H24N6O. The lowest BCUT2D eigenvalue weighted by Crippen LogP contribution is -2.27. The van der Waals surface area contributed by atoms with Gasteiger partial charge >= 0.3 is 6.03 Å². The number of nitrogens with one attached hydrogen (secondary N) is 2. The number of H-pyrrole nitrogens is 1. The summed E-state index contributed by atoms with van der Waals surface area (Å²) in [6, 6.07) is 9.67. The zero-order valence-electron chi connectivity index (χ0n) is 17.0. The number of aromatic amines is 1. The molecule has 0 saturated heterocycles. The molecule has 0 saturated carbocycles. The van der Waals surface area contributed by atoms with Crippen molar-refractivity contribution < 1.29 is 4.79 Å². The summed E-state index contributed by atoms with van der Waals surface area (Å²) < 4.78 is 1.95. The minimum atomic E-state index is -0.157. The van der Waals surface area contributed by atoms with E-state index in [9.17, 15) is 4.79 Å². The highest BCUT2D eigenvalue weighted by atomic mass is 16.2. The summed E-state index contributed by atoms with van der Waals surface area (Å²) in [7, 11) is 3.43. The number of hydrogen-bond acceptors (Lipinski definition) is 3. The lowest BCUT2D eigenvalue weighted by atomic mass is 9.97. The molecule has 0 unspecified atom stereocenters. The Morgan fingerprint density at radius 3 is 2.66 bits per heavy atom. The summed E-state index contributed by atoms with van der Waals surface area (Å²) in [6.45, 7) is 4.93. The highest BCUT2D eigenvalue weighted by molar-refractivity contribution is 5.98. The third kappa shape index (κ3) is 3.47. The lowest BCUT2D eigenvalue weighted by molar-refractivity contribution is 0.230. The zero-order chi connectivity index (χ0) is 20.5. The number of amides is 2. The summed E-state index contributed by atoms with van der Waals surface area (Å²) in [6.07, 6.45) is 5.89. The van der Waals surface area contributed by atoms with Crippen molar-refractivity contribution in [2.75, 3.05) is 19.4 Å². The van der Waals surface area contributed by atoms with Gasteiger partial charge in [-0.3, -0.25) is 4.68 Å². The SMILES string of the molecule is CCn1cc(-c2c(C)cnc3[nH]ccc23)c(-c2ccc(NC(=O)N(C)C)cc2)n1. The third-order valence-corrected chi connectivity index (χ3v) is 4.95. The fourth-order valence-corrected chi connectivity index (χ4v) is 3.39. The van der Waals surface area contributed by atoms with Crippen molar-refractivity contribution in [2.24, 2.45) is 0 Å². The van der Waals surface area contributed by atoms with E-state index in [2.05, 4.69) is 41.4 Å². The predicted molar refractivity (Wildman–Crippen MR) is 116 cm³/mol. The van der Waals surface area contributed by atoms with Crippen LogP contribution in [0.1, 0.15) is 12.5 Å². The second kappa shape index (κ2) is 7.43. The highest BCUT2D eigenvalue weighted by Crippen LogP contribution is 2.37. The number of rotatable bonds is 4. The van der Waals surface area contributed by atoms with Crippen molar-refractivity contribution in [3.8, 4) is 22.4 Å². The lowest BCUT2D eigenvalue weighted by Gasteiger charge is -2.12. The normalized spacial score (nSPS) is 11.0. The number of urea groups is 1. The minimum absolute atomic E-state index is 0.157. The Bertz CT molecular complexity index is 1170. The third-order valence-electron chi connectivity index (χ3n) is 4.95. The first-order valence-electron chi connectivity index (χ1n) is 9.57. The fraction of sp³-hybridized carbons (Fsp3) is 0.227. The average Bonchev–Trinajstić information content (AvgIpc) is 3.35. The van der Waals surface area contributed by atoms with E-state index in [-0.39, 0.29) is 6.03 Å². The Kier molecular flexibility index (Phi) is 4.80. The molecule has 2 N–H and O–H groups in total. The van der Waals surface area contributed by atoms with E-state index in [4.69, 9.17) is 5.10 Å². The molecule has 7 heteroatoms. The topological polar surface area (TPSA) is 78.8 Å². The molecule has 2 amide bonds. The van der Waals surface area contributed by atoms with Crippen molar-refractivity contribution in [3.05, 3.63) is 54.5 Å². The number of aryl methyl sites for hydroxylation is 2. The van der Waals surface area contributed by atoms with Crippen LogP contribution in [0.5, 0.6) is 0 Å². The monoisotopic (exact) mass is 388 g/mol. The first kappa shape index (κ1) is 18.7. The van der Waals surface area contributed by atoms with Gasteiger partial charge in [0.25, 0.3) is 0 Å². The largest absolute Gasteiger partial charge is 0.346 e. The van der Waals surface area contributed by atoms with Crippen LogP contribution in [0.15, 0.2) is 48.9 Å². The molecule has 3 aromatic heterocycles. The Morgan fingerprint density at radius 2 is 1.97 bits per heavy atom. The molecule has 7 nitrogen and oxygen atoms in total. The molecule has 148 valence electrons. The van der Waals surface area contributed by atoms with E-state index >= 15 is 0 Å². The van der Waals surface area contributed by atoms with Crippen molar-refractivity contribution >= 4 is 22.8 Å². The average molecular weight is 388 g/mol. The summed E-state index contributed by atoms with van der Waals surface area (Å²) in [4.78, 5) is 21.1.